The lowest BCUT2D eigenvalue weighted by Gasteiger charge is -2.12. The van der Waals surface area contributed by atoms with Gasteiger partial charge in [-0.2, -0.15) is 5.10 Å². The van der Waals surface area contributed by atoms with Crippen molar-refractivity contribution >= 4 is 22.5 Å². The van der Waals surface area contributed by atoms with Gasteiger partial charge in [-0.25, -0.2) is 0 Å². The number of H-pyrrole nitrogens is 1. The van der Waals surface area contributed by atoms with E-state index in [0.717, 1.165) is 22.2 Å². The van der Waals surface area contributed by atoms with Gasteiger partial charge in [0.25, 0.3) is 0 Å². The number of benzene rings is 2. The molecule has 0 bridgehead atoms. The number of aromatic amines is 1. The smallest absolute Gasteiger partial charge is 0.162 e. The van der Waals surface area contributed by atoms with Crippen molar-refractivity contribution in [2.45, 2.75) is 0 Å². The first-order chi connectivity index (χ1) is 16.2. The largest absolute Gasteiger partial charge is 0.493 e. The SMILES string of the molecule is COc1cc2nccc(Oc3ccc(-c4ccc(Nc5cc[nH]n5)nn4)cc3)c2cc1OC. The molecular weight excluding hydrogens is 420 g/mol. The summed E-state index contributed by atoms with van der Waals surface area (Å²) in [6, 6.07) is 18.7. The van der Waals surface area contributed by atoms with Crippen molar-refractivity contribution in [3.05, 3.63) is 73.1 Å². The lowest BCUT2D eigenvalue weighted by Crippen LogP contribution is -1.96. The summed E-state index contributed by atoms with van der Waals surface area (Å²) < 4.78 is 16.9. The van der Waals surface area contributed by atoms with Crippen LogP contribution in [0.4, 0.5) is 11.6 Å². The number of nitrogens with zero attached hydrogens (tertiary/aromatic N) is 4. The van der Waals surface area contributed by atoms with E-state index in [9.17, 15) is 0 Å². The first-order valence-electron chi connectivity index (χ1n) is 10.1. The van der Waals surface area contributed by atoms with Crippen molar-refractivity contribution in [2.75, 3.05) is 19.5 Å². The second kappa shape index (κ2) is 8.83. The van der Waals surface area contributed by atoms with Crippen LogP contribution in [0.3, 0.4) is 0 Å². The maximum atomic E-state index is 6.14. The van der Waals surface area contributed by atoms with Crippen molar-refractivity contribution in [3.63, 3.8) is 0 Å². The van der Waals surface area contributed by atoms with Gasteiger partial charge in [-0.05, 0) is 48.5 Å². The number of hydrogen-bond donors (Lipinski definition) is 2. The standard InChI is InChI=1S/C24H20N6O3/c1-31-21-13-17-19(14-22(21)32-2)25-11-9-20(17)33-16-5-3-15(4-6-16)18-7-8-23(30-28-18)27-24-10-12-26-29-24/h3-14H,1-2H3,(H2,26,27,29,30). The first-order valence-corrected chi connectivity index (χ1v) is 10.1. The number of nitrogens with one attached hydrogen (secondary N) is 2. The molecule has 0 radical (unpaired) electrons. The van der Waals surface area contributed by atoms with Gasteiger partial charge in [0.05, 0.1) is 25.4 Å². The van der Waals surface area contributed by atoms with Gasteiger partial charge in [-0.15, -0.1) is 10.2 Å². The predicted octanol–water partition coefficient (Wildman–Crippen LogP) is 4.97. The van der Waals surface area contributed by atoms with E-state index in [1.54, 1.807) is 26.6 Å². The fourth-order valence-corrected chi connectivity index (χ4v) is 3.37. The van der Waals surface area contributed by atoms with Crippen LogP contribution in [-0.4, -0.2) is 39.6 Å². The molecule has 9 heteroatoms. The summed E-state index contributed by atoms with van der Waals surface area (Å²) in [4.78, 5) is 4.41. The molecule has 3 heterocycles. The van der Waals surface area contributed by atoms with Crippen molar-refractivity contribution in [1.29, 1.82) is 0 Å². The van der Waals surface area contributed by atoms with Crippen molar-refractivity contribution in [3.8, 4) is 34.3 Å². The summed E-state index contributed by atoms with van der Waals surface area (Å²) in [5, 5.41) is 19.2. The zero-order valence-electron chi connectivity index (χ0n) is 17.9. The van der Waals surface area contributed by atoms with Crippen LogP contribution in [0.1, 0.15) is 0 Å². The summed E-state index contributed by atoms with van der Waals surface area (Å²) in [6.45, 7) is 0. The van der Waals surface area contributed by atoms with Crippen LogP contribution in [0, 0.1) is 0 Å². The van der Waals surface area contributed by atoms with Crippen LogP contribution in [0.5, 0.6) is 23.0 Å². The Labute approximate surface area is 189 Å². The molecule has 0 unspecified atom stereocenters. The minimum atomic E-state index is 0.613. The molecule has 2 aromatic carbocycles. The van der Waals surface area contributed by atoms with Gasteiger partial charge < -0.3 is 19.5 Å². The third-order valence-electron chi connectivity index (χ3n) is 5.01. The van der Waals surface area contributed by atoms with Gasteiger partial charge in [-0.3, -0.25) is 10.1 Å². The molecule has 3 aromatic heterocycles. The lowest BCUT2D eigenvalue weighted by molar-refractivity contribution is 0.355. The molecule has 0 aliphatic heterocycles. The summed E-state index contributed by atoms with van der Waals surface area (Å²) in [7, 11) is 3.20. The van der Waals surface area contributed by atoms with Crippen LogP contribution in [0.15, 0.2) is 73.1 Å². The van der Waals surface area contributed by atoms with Gasteiger partial charge in [-0.1, -0.05) is 0 Å². The van der Waals surface area contributed by atoms with E-state index in [0.29, 0.717) is 34.6 Å². The fourth-order valence-electron chi connectivity index (χ4n) is 3.37. The molecule has 164 valence electrons. The highest BCUT2D eigenvalue weighted by Crippen LogP contribution is 2.37. The summed E-state index contributed by atoms with van der Waals surface area (Å²) in [5.74, 6) is 3.88. The van der Waals surface area contributed by atoms with Gasteiger partial charge in [0, 0.05) is 35.5 Å². The molecule has 0 spiro atoms. The zero-order valence-corrected chi connectivity index (χ0v) is 17.9. The Kier molecular flexibility index (Phi) is 5.42. The van der Waals surface area contributed by atoms with Crippen LogP contribution < -0.4 is 19.5 Å². The Morgan fingerprint density at radius 3 is 2.30 bits per heavy atom. The molecule has 5 rings (SSSR count). The number of ether oxygens (including phenoxy) is 3. The molecule has 2 N–H and O–H groups in total. The topological polar surface area (TPSA) is 107 Å². The van der Waals surface area contributed by atoms with E-state index in [-0.39, 0.29) is 0 Å². The van der Waals surface area contributed by atoms with E-state index in [1.807, 2.05) is 60.7 Å². The molecular formula is C24H20N6O3. The number of fused-ring (bicyclic) bond motifs is 1. The summed E-state index contributed by atoms with van der Waals surface area (Å²) in [6.07, 6.45) is 3.43. The van der Waals surface area contributed by atoms with Gasteiger partial charge >= 0.3 is 0 Å². The van der Waals surface area contributed by atoms with Gasteiger partial charge in [0.2, 0.25) is 0 Å². The Bertz CT molecular complexity index is 1370. The molecule has 0 aliphatic carbocycles. The monoisotopic (exact) mass is 440 g/mol. The van der Waals surface area contributed by atoms with Gasteiger partial charge in [0.15, 0.2) is 23.1 Å². The third-order valence-corrected chi connectivity index (χ3v) is 5.01. The molecule has 0 saturated carbocycles. The first kappa shape index (κ1) is 20.3. The Balaban J connectivity index is 1.35. The summed E-state index contributed by atoms with van der Waals surface area (Å²) >= 11 is 0. The average molecular weight is 440 g/mol. The minimum Gasteiger partial charge on any atom is -0.493 e. The lowest BCUT2D eigenvalue weighted by atomic mass is 10.1. The van der Waals surface area contributed by atoms with E-state index in [1.165, 1.54) is 0 Å². The molecule has 0 aliphatic rings. The molecule has 0 atom stereocenters. The van der Waals surface area contributed by atoms with Crippen LogP contribution >= 0.6 is 0 Å². The number of methoxy groups -OCH3 is 2. The normalized spacial score (nSPS) is 10.7. The number of rotatable bonds is 7. The zero-order chi connectivity index (χ0) is 22.6. The second-order valence-corrected chi connectivity index (χ2v) is 7.05. The maximum absolute atomic E-state index is 6.14. The molecule has 33 heavy (non-hydrogen) atoms. The summed E-state index contributed by atoms with van der Waals surface area (Å²) in [5.41, 5.74) is 2.42. The quantitative estimate of drug-likeness (QED) is 0.365. The molecule has 0 amide bonds. The van der Waals surface area contributed by atoms with Crippen molar-refractivity contribution in [1.82, 2.24) is 25.4 Å². The Hall–Kier alpha value is -4.66. The van der Waals surface area contributed by atoms with Crippen LogP contribution in [-0.2, 0) is 0 Å². The predicted molar refractivity (Wildman–Crippen MR) is 124 cm³/mol. The highest BCUT2D eigenvalue weighted by molar-refractivity contribution is 5.88. The van der Waals surface area contributed by atoms with E-state index in [2.05, 4.69) is 30.7 Å². The van der Waals surface area contributed by atoms with Gasteiger partial charge in [0.1, 0.15) is 11.5 Å². The highest BCUT2D eigenvalue weighted by atomic mass is 16.5. The molecule has 0 fully saturated rings. The number of aromatic nitrogens is 5. The van der Waals surface area contributed by atoms with E-state index in [4.69, 9.17) is 14.2 Å². The molecule has 5 aromatic rings. The third kappa shape index (κ3) is 4.24. The Morgan fingerprint density at radius 1 is 0.788 bits per heavy atom. The minimum absolute atomic E-state index is 0.613. The Morgan fingerprint density at radius 2 is 1.61 bits per heavy atom. The highest BCUT2D eigenvalue weighted by Gasteiger charge is 2.11. The fraction of sp³-hybridized carbons (Fsp3) is 0.0833. The van der Waals surface area contributed by atoms with E-state index >= 15 is 0 Å². The van der Waals surface area contributed by atoms with Crippen molar-refractivity contribution in [2.24, 2.45) is 0 Å². The molecule has 9 nitrogen and oxygen atoms in total. The van der Waals surface area contributed by atoms with Crippen molar-refractivity contribution < 1.29 is 14.2 Å². The maximum Gasteiger partial charge on any atom is 0.162 e. The average Bonchev–Trinajstić information content (AvgIpc) is 3.37. The second-order valence-electron chi connectivity index (χ2n) is 7.05. The van der Waals surface area contributed by atoms with E-state index < -0.39 is 0 Å². The molecule has 0 saturated heterocycles. The number of anilines is 2. The number of pyridine rings is 1. The van der Waals surface area contributed by atoms with Crippen LogP contribution in [0.25, 0.3) is 22.2 Å². The van der Waals surface area contributed by atoms with Crippen LogP contribution in [0.2, 0.25) is 0 Å². The number of hydrogen-bond acceptors (Lipinski definition) is 8.